The molecule has 2 aromatic rings. The minimum absolute atomic E-state index is 0.570. The number of rotatable bonds is 5. The van der Waals surface area contributed by atoms with Gasteiger partial charge in [-0.1, -0.05) is 54.1 Å². The lowest BCUT2D eigenvalue weighted by Gasteiger charge is -2.25. The highest BCUT2D eigenvalue weighted by Gasteiger charge is 2.24. The molecule has 0 aromatic heterocycles. The monoisotopic (exact) mass is 289 g/mol. The van der Waals surface area contributed by atoms with Crippen LogP contribution in [-0.2, 0) is 11.3 Å². The summed E-state index contributed by atoms with van der Waals surface area (Å²) < 4.78 is 0. The van der Waals surface area contributed by atoms with Crippen molar-refractivity contribution in [3.63, 3.8) is 0 Å². The Morgan fingerprint density at radius 3 is 2.30 bits per heavy atom. The van der Waals surface area contributed by atoms with Crippen molar-refractivity contribution in [2.24, 2.45) is 0 Å². The van der Waals surface area contributed by atoms with Gasteiger partial charge in [0.15, 0.2) is 0 Å². The van der Waals surface area contributed by atoms with Crippen molar-refractivity contribution in [3.05, 3.63) is 70.7 Å². The number of hydrogen-bond donors (Lipinski definition) is 1. The lowest BCUT2D eigenvalue weighted by molar-refractivity contribution is -0.143. The first-order valence-electron chi connectivity index (χ1n) is 6.30. The Labute approximate surface area is 123 Å². The summed E-state index contributed by atoms with van der Waals surface area (Å²) in [7, 11) is 1.81. The van der Waals surface area contributed by atoms with Crippen molar-refractivity contribution < 1.29 is 9.90 Å². The molecule has 20 heavy (non-hydrogen) atoms. The van der Waals surface area contributed by atoms with E-state index in [1.807, 2.05) is 30.3 Å². The normalized spacial score (nSPS) is 12.3. The van der Waals surface area contributed by atoms with Gasteiger partial charge in [-0.3, -0.25) is 9.69 Å². The molecule has 104 valence electrons. The maximum absolute atomic E-state index is 11.5. The fourth-order valence-corrected chi connectivity index (χ4v) is 2.32. The fourth-order valence-electron chi connectivity index (χ4n) is 2.19. The highest BCUT2D eigenvalue weighted by molar-refractivity contribution is 6.30. The van der Waals surface area contributed by atoms with E-state index in [-0.39, 0.29) is 0 Å². The molecule has 0 fully saturated rings. The molecule has 2 aromatic carbocycles. The lowest BCUT2D eigenvalue weighted by Crippen LogP contribution is -2.30. The number of likely N-dealkylation sites (N-methyl/N-ethyl adjacent to an activating group) is 1. The van der Waals surface area contributed by atoms with Gasteiger partial charge in [0.2, 0.25) is 0 Å². The molecule has 0 saturated heterocycles. The van der Waals surface area contributed by atoms with E-state index in [1.54, 1.807) is 36.2 Å². The summed E-state index contributed by atoms with van der Waals surface area (Å²) in [6.45, 7) is 0.570. The van der Waals surface area contributed by atoms with Gasteiger partial charge < -0.3 is 5.11 Å². The predicted molar refractivity (Wildman–Crippen MR) is 79.7 cm³/mol. The van der Waals surface area contributed by atoms with Crippen LogP contribution in [0.2, 0.25) is 5.02 Å². The van der Waals surface area contributed by atoms with Gasteiger partial charge in [0.1, 0.15) is 6.04 Å². The average Bonchev–Trinajstić information content (AvgIpc) is 2.42. The molecule has 0 saturated carbocycles. The number of nitrogens with zero attached hydrogens (tertiary/aromatic N) is 1. The summed E-state index contributed by atoms with van der Waals surface area (Å²) in [5.74, 6) is -0.870. The molecule has 1 atom stereocenters. The molecule has 4 heteroatoms. The van der Waals surface area contributed by atoms with Crippen LogP contribution < -0.4 is 0 Å². The summed E-state index contributed by atoms with van der Waals surface area (Å²) in [5.41, 5.74) is 1.80. The largest absolute Gasteiger partial charge is 0.480 e. The van der Waals surface area contributed by atoms with Gasteiger partial charge in [-0.05, 0) is 30.3 Å². The molecule has 2 rings (SSSR count). The third-order valence-electron chi connectivity index (χ3n) is 3.14. The van der Waals surface area contributed by atoms with Crippen LogP contribution >= 0.6 is 11.6 Å². The van der Waals surface area contributed by atoms with Gasteiger partial charge in [0.25, 0.3) is 0 Å². The van der Waals surface area contributed by atoms with Crippen molar-refractivity contribution in [2.45, 2.75) is 12.6 Å². The van der Waals surface area contributed by atoms with Crippen molar-refractivity contribution in [2.75, 3.05) is 7.05 Å². The van der Waals surface area contributed by atoms with Crippen molar-refractivity contribution in [1.82, 2.24) is 4.90 Å². The van der Waals surface area contributed by atoms with Crippen LogP contribution in [0, 0.1) is 0 Å². The van der Waals surface area contributed by atoms with Crippen LogP contribution in [-0.4, -0.2) is 23.0 Å². The molecule has 0 heterocycles. The number of hydrogen-bond acceptors (Lipinski definition) is 2. The van der Waals surface area contributed by atoms with Crippen molar-refractivity contribution in [3.8, 4) is 0 Å². The molecule has 0 bridgehead atoms. The topological polar surface area (TPSA) is 40.5 Å². The summed E-state index contributed by atoms with van der Waals surface area (Å²) in [5, 5.41) is 10.1. The molecule has 3 nitrogen and oxygen atoms in total. The van der Waals surface area contributed by atoms with E-state index in [0.717, 1.165) is 11.1 Å². The second-order valence-electron chi connectivity index (χ2n) is 4.69. The number of carboxylic acid groups (broad SMARTS) is 1. The van der Waals surface area contributed by atoms with Crippen molar-refractivity contribution >= 4 is 17.6 Å². The van der Waals surface area contributed by atoms with E-state index in [0.29, 0.717) is 11.6 Å². The van der Waals surface area contributed by atoms with Crippen LogP contribution in [0.25, 0.3) is 0 Å². The van der Waals surface area contributed by atoms with E-state index < -0.39 is 12.0 Å². The molecular formula is C16H16ClNO2. The van der Waals surface area contributed by atoms with Crippen LogP contribution in [0.15, 0.2) is 54.6 Å². The second-order valence-corrected chi connectivity index (χ2v) is 5.13. The van der Waals surface area contributed by atoms with Crippen molar-refractivity contribution in [1.29, 1.82) is 0 Å². The SMILES string of the molecule is CN(Cc1ccccc1)C(C(=O)O)c1ccc(Cl)cc1. The van der Waals surface area contributed by atoms with Gasteiger partial charge in [-0.2, -0.15) is 0 Å². The van der Waals surface area contributed by atoms with Gasteiger partial charge in [0.05, 0.1) is 0 Å². The Bertz CT molecular complexity index is 569. The number of benzene rings is 2. The fraction of sp³-hybridized carbons (Fsp3) is 0.188. The van der Waals surface area contributed by atoms with E-state index >= 15 is 0 Å². The van der Waals surface area contributed by atoms with E-state index in [9.17, 15) is 9.90 Å². The Morgan fingerprint density at radius 1 is 1.15 bits per heavy atom. The highest BCUT2D eigenvalue weighted by atomic mass is 35.5. The zero-order chi connectivity index (χ0) is 14.5. The summed E-state index contributed by atoms with van der Waals surface area (Å²) in [4.78, 5) is 13.3. The first kappa shape index (κ1) is 14.6. The molecule has 0 aliphatic carbocycles. The molecule has 1 unspecified atom stereocenters. The van der Waals surface area contributed by atoms with Crippen LogP contribution in [0.5, 0.6) is 0 Å². The maximum atomic E-state index is 11.5. The molecule has 0 radical (unpaired) electrons. The maximum Gasteiger partial charge on any atom is 0.325 e. The van der Waals surface area contributed by atoms with E-state index in [2.05, 4.69) is 0 Å². The molecular weight excluding hydrogens is 274 g/mol. The van der Waals surface area contributed by atoms with Crippen LogP contribution in [0.4, 0.5) is 0 Å². The van der Waals surface area contributed by atoms with E-state index in [4.69, 9.17) is 11.6 Å². The Hall–Kier alpha value is -1.84. The Balaban J connectivity index is 2.20. The molecule has 0 spiro atoms. The standard InChI is InChI=1S/C16H16ClNO2/c1-18(11-12-5-3-2-4-6-12)15(16(19)20)13-7-9-14(17)10-8-13/h2-10,15H,11H2,1H3,(H,19,20). The number of halogens is 1. The summed E-state index contributed by atoms with van der Waals surface area (Å²) in [6.07, 6.45) is 0. The predicted octanol–water partition coefficient (Wildman–Crippen LogP) is 3.60. The molecule has 0 amide bonds. The zero-order valence-corrected chi connectivity index (χ0v) is 11.9. The number of carbonyl (C=O) groups is 1. The average molecular weight is 290 g/mol. The van der Waals surface area contributed by atoms with E-state index in [1.165, 1.54) is 0 Å². The Kier molecular flexibility index (Phi) is 4.77. The minimum atomic E-state index is -0.870. The minimum Gasteiger partial charge on any atom is -0.480 e. The quantitative estimate of drug-likeness (QED) is 0.914. The van der Waals surface area contributed by atoms with Gasteiger partial charge in [-0.25, -0.2) is 0 Å². The number of carboxylic acids is 1. The smallest absolute Gasteiger partial charge is 0.325 e. The summed E-state index contributed by atoms with van der Waals surface area (Å²) >= 11 is 5.84. The highest BCUT2D eigenvalue weighted by Crippen LogP contribution is 2.23. The van der Waals surface area contributed by atoms with Gasteiger partial charge in [0, 0.05) is 11.6 Å². The van der Waals surface area contributed by atoms with Crippen LogP contribution in [0.1, 0.15) is 17.2 Å². The number of aliphatic carboxylic acids is 1. The first-order valence-corrected chi connectivity index (χ1v) is 6.68. The third kappa shape index (κ3) is 3.59. The van der Waals surface area contributed by atoms with Crippen LogP contribution in [0.3, 0.4) is 0 Å². The molecule has 0 aliphatic rings. The zero-order valence-electron chi connectivity index (χ0n) is 11.2. The molecule has 1 N–H and O–H groups in total. The lowest BCUT2D eigenvalue weighted by atomic mass is 10.1. The molecule has 0 aliphatic heterocycles. The summed E-state index contributed by atoms with van der Waals surface area (Å²) in [6, 6.07) is 16.0. The first-order chi connectivity index (χ1) is 9.58. The third-order valence-corrected chi connectivity index (χ3v) is 3.39. The van der Waals surface area contributed by atoms with Gasteiger partial charge in [-0.15, -0.1) is 0 Å². The van der Waals surface area contributed by atoms with Gasteiger partial charge >= 0.3 is 5.97 Å². The Morgan fingerprint density at radius 2 is 1.75 bits per heavy atom. The second kappa shape index (κ2) is 6.55.